The Bertz CT molecular complexity index is 869. The molecular weight excluding hydrogens is 370 g/mol. The van der Waals surface area contributed by atoms with Gasteiger partial charge in [0.05, 0.1) is 17.7 Å². The van der Waals surface area contributed by atoms with E-state index in [-0.39, 0.29) is 29.4 Å². The standard InChI is InChI=1S/C16H16ClNO6S/c1-22-14-7-6-11(10-15(14)25(18,20)21)16(19)24-9-8-23-13-5-3-2-4-12(13)17/h2-7,10H,8-9H2,1H3,(H2,18,20,21). The van der Waals surface area contributed by atoms with Crippen LogP contribution in [0.3, 0.4) is 0 Å². The van der Waals surface area contributed by atoms with Gasteiger partial charge < -0.3 is 14.2 Å². The average Bonchev–Trinajstić information content (AvgIpc) is 2.58. The van der Waals surface area contributed by atoms with E-state index < -0.39 is 16.0 Å². The van der Waals surface area contributed by atoms with Crippen molar-refractivity contribution in [3.05, 3.63) is 53.1 Å². The fourth-order valence-electron chi connectivity index (χ4n) is 1.96. The van der Waals surface area contributed by atoms with Gasteiger partial charge in [0, 0.05) is 0 Å². The maximum Gasteiger partial charge on any atom is 0.338 e. The Labute approximate surface area is 150 Å². The molecule has 0 spiro atoms. The summed E-state index contributed by atoms with van der Waals surface area (Å²) in [6.45, 7) is 0.0501. The van der Waals surface area contributed by atoms with E-state index in [0.717, 1.165) is 6.07 Å². The van der Waals surface area contributed by atoms with E-state index in [0.29, 0.717) is 10.8 Å². The molecule has 2 aromatic carbocycles. The number of carbonyl (C=O) groups excluding carboxylic acids is 1. The van der Waals surface area contributed by atoms with Gasteiger partial charge in [-0.1, -0.05) is 23.7 Å². The lowest BCUT2D eigenvalue weighted by atomic mass is 10.2. The van der Waals surface area contributed by atoms with Crippen molar-refractivity contribution in [2.24, 2.45) is 5.14 Å². The monoisotopic (exact) mass is 385 g/mol. The molecule has 9 heteroatoms. The van der Waals surface area contributed by atoms with Crippen LogP contribution in [0.5, 0.6) is 11.5 Å². The van der Waals surface area contributed by atoms with Gasteiger partial charge >= 0.3 is 5.97 Å². The first kappa shape index (κ1) is 19.0. The second kappa shape index (κ2) is 8.19. The molecule has 0 heterocycles. The molecule has 2 aromatic rings. The van der Waals surface area contributed by atoms with Gasteiger partial charge in [-0.25, -0.2) is 18.4 Å². The van der Waals surface area contributed by atoms with Crippen molar-refractivity contribution in [1.29, 1.82) is 0 Å². The summed E-state index contributed by atoms with van der Waals surface area (Å²) in [5.41, 5.74) is 0.0302. The number of nitrogens with two attached hydrogens (primary N) is 1. The highest BCUT2D eigenvalue weighted by Crippen LogP contribution is 2.24. The summed E-state index contributed by atoms with van der Waals surface area (Å²) in [6.07, 6.45) is 0. The molecule has 0 saturated heterocycles. The van der Waals surface area contributed by atoms with E-state index in [1.807, 2.05) is 0 Å². The third-order valence-electron chi connectivity index (χ3n) is 3.12. The van der Waals surface area contributed by atoms with Crippen LogP contribution in [0, 0.1) is 0 Å². The van der Waals surface area contributed by atoms with Gasteiger partial charge in [0.2, 0.25) is 10.0 Å². The topological polar surface area (TPSA) is 105 Å². The highest BCUT2D eigenvalue weighted by molar-refractivity contribution is 7.89. The molecule has 134 valence electrons. The van der Waals surface area contributed by atoms with Crippen molar-refractivity contribution in [2.75, 3.05) is 20.3 Å². The maximum absolute atomic E-state index is 12.0. The first-order valence-electron chi connectivity index (χ1n) is 7.08. The number of halogens is 1. The Balaban J connectivity index is 1.98. The zero-order valence-corrected chi connectivity index (χ0v) is 14.8. The number of hydrogen-bond acceptors (Lipinski definition) is 6. The van der Waals surface area contributed by atoms with Gasteiger partial charge in [0.25, 0.3) is 0 Å². The Kier molecular flexibility index (Phi) is 6.24. The quantitative estimate of drug-likeness (QED) is 0.578. The molecule has 0 aliphatic rings. The molecule has 7 nitrogen and oxygen atoms in total. The van der Waals surface area contributed by atoms with Crippen molar-refractivity contribution in [3.63, 3.8) is 0 Å². The lowest BCUT2D eigenvalue weighted by molar-refractivity contribution is 0.0450. The fraction of sp³-hybridized carbons (Fsp3) is 0.188. The zero-order valence-electron chi connectivity index (χ0n) is 13.3. The van der Waals surface area contributed by atoms with Crippen LogP contribution in [-0.4, -0.2) is 34.7 Å². The Morgan fingerprint density at radius 2 is 1.84 bits per heavy atom. The predicted molar refractivity (Wildman–Crippen MR) is 91.6 cm³/mol. The summed E-state index contributed by atoms with van der Waals surface area (Å²) < 4.78 is 38.5. The van der Waals surface area contributed by atoms with E-state index in [1.165, 1.54) is 19.2 Å². The first-order valence-corrected chi connectivity index (χ1v) is 9.00. The van der Waals surface area contributed by atoms with Crippen LogP contribution in [0.2, 0.25) is 5.02 Å². The summed E-state index contributed by atoms with van der Waals surface area (Å²) in [5, 5.41) is 5.56. The van der Waals surface area contributed by atoms with Gasteiger partial charge in [-0.05, 0) is 30.3 Å². The van der Waals surface area contributed by atoms with Crippen molar-refractivity contribution >= 4 is 27.6 Å². The minimum absolute atomic E-state index is 0.0302. The van der Waals surface area contributed by atoms with Gasteiger partial charge in [-0.3, -0.25) is 0 Å². The molecule has 0 aliphatic heterocycles. The van der Waals surface area contributed by atoms with Crippen LogP contribution in [0.15, 0.2) is 47.4 Å². The summed E-state index contributed by atoms with van der Waals surface area (Å²) in [6, 6.07) is 10.7. The van der Waals surface area contributed by atoms with E-state index >= 15 is 0 Å². The molecule has 0 saturated carbocycles. The number of rotatable bonds is 7. The van der Waals surface area contributed by atoms with Crippen LogP contribution >= 0.6 is 11.6 Å². The number of sulfonamides is 1. The Morgan fingerprint density at radius 3 is 2.48 bits per heavy atom. The van der Waals surface area contributed by atoms with E-state index in [9.17, 15) is 13.2 Å². The molecule has 0 aromatic heterocycles. The molecule has 2 rings (SSSR count). The zero-order chi connectivity index (χ0) is 18.4. The number of benzene rings is 2. The van der Waals surface area contributed by atoms with Crippen molar-refractivity contribution in [1.82, 2.24) is 0 Å². The molecule has 0 aliphatic carbocycles. The maximum atomic E-state index is 12.0. The minimum atomic E-state index is -4.04. The second-order valence-electron chi connectivity index (χ2n) is 4.83. The second-order valence-corrected chi connectivity index (χ2v) is 6.76. The van der Waals surface area contributed by atoms with Crippen LogP contribution in [-0.2, 0) is 14.8 Å². The number of para-hydroxylation sites is 1. The molecule has 0 radical (unpaired) electrons. The van der Waals surface area contributed by atoms with E-state index in [2.05, 4.69) is 0 Å². The molecule has 25 heavy (non-hydrogen) atoms. The average molecular weight is 386 g/mol. The minimum Gasteiger partial charge on any atom is -0.495 e. The fourth-order valence-corrected chi connectivity index (χ4v) is 2.87. The smallest absolute Gasteiger partial charge is 0.338 e. The summed E-state index contributed by atoms with van der Waals surface area (Å²) >= 11 is 5.94. The van der Waals surface area contributed by atoms with Crippen LogP contribution in [0.1, 0.15) is 10.4 Å². The van der Waals surface area contributed by atoms with Crippen molar-refractivity contribution in [2.45, 2.75) is 4.90 Å². The lowest BCUT2D eigenvalue weighted by Gasteiger charge is -2.10. The summed E-state index contributed by atoms with van der Waals surface area (Å²) in [5.74, 6) is -0.197. The molecule has 0 fully saturated rings. The third kappa shape index (κ3) is 5.09. The van der Waals surface area contributed by atoms with Crippen LogP contribution in [0.25, 0.3) is 0 Å². The van der Waals surface area contributed by atoms with Crippen LogP contribution < -0.4 is 14.6 Å². The van der Waals surface area contributed by atoms with Gasteiger partial charge in [0.1, 0.15) is 29.6 Å². The Hall–Kier alpha value is -2.29. The largest absolute Gasteiger partial charge is 0.495 e. The molecule has 2 N–H and O–H groups in total. The summed E-state index contributed by atoms with van der Waals surface area (Å²) in [4.78, 5) is 11.7. The molecule has 0 bridgehead atoms. The van der Waals surface area contributed by atoms with Gasteiger partial charge in [0.15, 0.2) is 0 Å². The number of primary sulfonamides is 1. The number of ether oxygens (including phenoxy) is 3. The summed E-state index contributed by atoms with van der Waals surface area (Å²) in [7, 11) is -2.74. The number of esters is 1. The van der Waals surface area contributed by atoms with Crippen LogP contribution in [0.4, 0.5) is 0 Å². The highest BCUT2D eigenvalue weighted by atomic mass is 35.5. The van der Waals surface area contributed by atoms with E-state index in [4.69, 9.17) is 31.0 Å². The lowest BCUT2D eigenvalue weighted by Crippen LogP contribution is -2.16. The molecule has 0 atom stereocenters. The molecular formula is C16H16ClNO6S. The predicted octanol–water partition coefficient (Wildman–Crippen LogP) is 2.23. The van der Waals surface area contributed by atoms with Crippen molar-refractivity contribution < 1.29 is 27.4 Å². The van der Waals surface area contributed by atoms with Gasteiger partial charge in [-0.2, -0.15) is 0 Å². The molecule has 0 amide bonds. The highest BCUT2D eigenvalue weighted by Gasteiger charge is 2.18. The van der Waals surface area contributed by atoms with Crippen molar-refractivity contribution in [3.8, 4) is 11.5 Å². The number of hydrogen-bond donors (Lipinski definition) is 1. The normalized spacial score (nSPS) is 11.0. The first-order chi connectivity index (χ1) is 11.8. The third-order valence-corrected chi connectivity index (χ3v) is 4.36. The number of methoxy groups -OCH3 is 1. The number of carbonyl (C=O) groups is 1. The van der Waals surface area contributed by atoms with E-state index in [1.54, 1.807) is 24.3 Å². The SMILES string of the molecule is COc1ccc(C(=O)OCCOc2ccccc2Cl)cc1S(N)(=O)=O. The Morgan fingerprint density at radius 1 is 1.12 bits per heavy atom. The molecule has 0 unspecified atom stereocenters. The van der Waals surface area contributed by atoms with Gasteiger partial charge in [-0.15, -0.1) is 0 Å².